The van der Waals surface area contributed by atoms with Crippen molar-refractivity contribution in [2.75, 3.05) is 46.1 Å². The molecular formula is C22H24ClN5O2S. The summed E-state index contributed by atoms with van der Waals surface area (Å²) in [5, 5.41) is 10.1. The summed E-state index contributed by atoms with van der Waals surface area (Å²) in [7, 11) is 3.71. The van der Waals surface area contributed by atoms with Gasteiger partial charge in [0, 0.05) is 42.5 Å². The van der Waals surface area contributed by atoms with Crippen LogP contribution in [0.5, 0.6) is 5.75 Å². The maximum atomic E-state index is 12.7. The zero-order valence-corrected chi connectivity index (χ0v) is 19.1. The highest BCUT2D eigenvalue weighted by atomic mass is 35.5. The fraction of sp³-hybridized carbons (Fsp3) is 0.318. The van der Waals surface area contributed by atoms with Gasteiger partial charge >= 0.3 is 0 Å². The van der Waals surface area contributed by atoms with Crippen LogP contribution in [-0.4, -0.2) is 76.6 Å². The molecule has 0 bridgehead atoms. The smallest absolute Gasteiger partial charge is 0.233 e. The van der Waals surface area contributed by atoms with Gasteiger partial charge in [-0.05, 0) is 55.6 Å². The van der Waals surface area contributed by atoms with Crippen molar-refractivity contribution in [2.45, 2.75) is 5.16 Å². The van der Waals surface area contributed by atoms with E-state index in [1.807, 2.05) is 58.0 Å². The largest absolute Gasteiger partial charge is 0.497 e. The van der Waals surface area contributed by atoms with Crippen molar-refractivity contribution in [3.8, 4) is 22.8 Å². The topological polar surface area (TPSA) is 63.5 Å². The molecule has 9 heteroatoms. The van der Waals surface area contributed by atoms with Gasteiger partial charge in [0.2, 0.25) is 5.91 Å². The maximum Gasteiger partial charge on any atom is 0.233 e. The van der Waals surface area contributed by atoms with Gasteiger partial charge in [0.05, 0.1) is 12.9 Å². The van der Waals surface area contributed by atoms with Crippen LogP contribution in [0.1, 0.15) is 0 Å². The fourth-order valence-corrected chi connectivity index (χ4v) is 4.37. The number of amides is 1. The molecule has 0 unspecified atom stereocenters. The van der Waals surface area contributed by atoms with E-state index < -0.39 is 0 Å². The van der Waals surface area contributed by atoms with Crippen LogP contribution in [0.25, 0.3) is 17.1 Å². The number of benzene rings is 2. The lowest BCUT2D eigenvalue weighted by atomic mass is 10.2. The zero-order valence-electron chi connectivity index (χ0n) is 17.5. The molecule has 1 fully saturated rings. The van der Waals surface area contributed by atoms with E-state index in [-0.39, 0.29) is 5.91 Å². The molecule has 162 valence electrons. The van der Waals surface area contributed by atoms with Crippen molar-refractivity contribution in [2.24, 2.45) is 0 Å². The molecule has 1 amide bonds. The van der Waals surface area contributed by atoms with Crippen molar-refractivity contribution < 1.29 is 9.53 Å². The van der Waals surface area contributed by atoms with E-state index in [9.17, 15) is 4.79 Å². The number of nitrogens with zero attached hydrogens (tertiary/aromatic N) is 5. The number of halogens is 1. The number of ether oxygens (including phenoxy) is 1. The highest BCUT2D eigenvalue weighted by Gasteiger charge is 2.22. The van der Waals surface area contributed by atoms with E-state index in [1.165, 1.54) is 11.8 Å². The third kappa shape index (κ3) is 5.03. The van der Waals surface area contributed by atoms with Crippen molar-refractivity contribution in [3.63, 3.8) is 0 Å². The van der Waals surface area contributed by atoms with Gasteiger partial charge in [-0.15, -0.1) is 10.2 Å². The minimum atomic E-state index is 0.121. The molecule has 0 spiro atoms. The minimum absolute atomic E-state index is 0.121. The summed E-state index contributed by atoms with van der Waals surface area (Å²) < 4.78 is 7.25. The standard InChI is InChI=1S/C22H24ClN5O2S/c1-26-11-13-27(14-12-26)20(29)15-31-22-25-24-21(16-3-5-17(23)6-4-16)28(22)18-7-9-19(30-2)10-8-18/h3-10H,11-15H2,1-2H3. The maximum absolute atomic E-state index is 12.7. The highest BCUT2D eigenvalue weighted by molar-refractivity contribution is 7.99. The van der Waals surface area contributed by atoms with Gasteiger partial charge in [0.25, 0.3) is 0 Å². The minimum Gasteiger partial charge on any atom is -0.497 e. The normalized spacial score (nSPS) is 14.6. The summed E-state index contributed by atoms with van der Waals surface area (Å²) in [6, 6.07) is 15.2. The Morgan fingerprint density at radius 1 is 1.03 bits per heavy atom. The number of hydrogen-bond donors (Lipinski definition) is 0. The van der Waals surface area contributed by atoms with Crippen LogP contribution in [0.2, 0.25) is 5.02 Å². The molecular weight excluding hydrogens is 434 g/mol. The summed E-state index contributed by atoms with van der Waals surface area (Å²) in [4.78, 5) is 16.9. The Morgan fingerprint density at radius 3 is 2.35 bits per heavy atom. The van der Waals surface area contributed by atoms with Gasteiger partial charge < -0.3 is 14.5 Å². The SMILES string of the molecule is COc1ccc(-n2c(SCC(=O)N3CCN(C)CC3)nnc2-c2ccc(Cl)cc2)cc1. The predicted octanol–water partition coefficient (Wildman–Crippen LogP) is 3.46. The first-order chi connectivity index (χ1) is 15.0. The number of piperazine rings is 1. The Bertz CT molecular complexity index is 1030. The van der Waals surface area contributed by atoms with Crippen molar-refractivity contribution >= 4 is 29.3 Å². The molecule has 0 atom stereocenters. The summed E-state index contributed by atoms with van der Waals surface area (Å²) in [6.07, 6.45) is 0. The van der Waals surface area contributed by atoms with Crippen LogP contribution in [0.15, 0.2) is 53.7 Å². The second-order valence-electron chi connectivity index (χ2n) is 7.32. The van der Waals surface area contributed by atoms with E-state index >= 15 is 0 Å². The van der Waals surface area contributed by atoms with E-state index in [0.717, 1.165) is 43.2 Å². The van der Waals surface area contributed by atoms with Gasteiger partial charge in [0.15, 0.2) is 11.0 Å². The molecule has 1 saturated heterocycles. The predicted molar refractivity (Wildman–Crippen MR) is 123 cm³/mol. The number of aromatic nitrogens is 3. The summed E-state index contributed by atoms with van der Waals surface area (Å²) in [5.41, 5.74) is 1.79. The Labute approximate surface area is 191 Å². The number of carbonyl (C=O) groups is 1. The van der Waals surface area contributed by atoms with Crippen LogP contribution < -0.4 is 4.74 Å². The van der Waals surface area contributed by atoms with Crippen molar-refractivity contribution in [3.05, 3.63) is 53.6 Å². The van der Waals surface area contributed by atoms with Crippen LogP contribution in [0.4, 0.5) is 0 Å². The lowest BCUT2D eigenvalue weighted by Crippen LogP contribution is -2.47. The molecule has 0 aliphatic carbocycles. The van der Waals surface area contributed by atoms with Gasteiger partial charge in [-0.1, -0.05) is 23.4 Å². The van der Waals surface area contributed by atoms with Gasteiger partial charge in [-0.25, -0.2) is 0 Å². The number of thioether (sulfide) groups is 1. The quantitative estimate of drug-likeness (QED) is 0.528. The Kier molecular flexibility index (Phi) is 6.80. The van der Waals surface area contributed by atoms with E-state index in [0.29, 0.717) is 21.8 Å². The van der Waals surface area contributed by atoms with Gasteiger partial charge in [-0.2, -0.15) is 0 Å². The molecule has 0 radical (unpaired) electrons. The molecule has 31 heavy (non-hydrogen) atoms. The van der Waals surface area contributed by atoms with Crippen molar-refractivity contribution in [1.82, 2.24) is 24.6 Å². The van der Waals surface area contributed by atoms with E-state index in [2.05, 4.69) is 22.1 Å². The summed E-state index contributed by atoms with van der Waals surface area (Å²) >= 11 is 7.46. The molecule has 0 N–H and O–H groups in total. The average Bonchev–Trinajstić information content (AvgIpc) is 3.22. The molecule has 1 aliphatic heterocycles. The third-order valence-corrected chi connectivity index (χ3v) is 6.41. The number of likely N-dealkylation sites (N-methyl/N-ethyl adjacent to an activating group) is 1. The number of carbonyl (C=O) groups excluding carboxylic acids is 1. The molecule has 2 aromatic carbocycles. The zero-order chi connectivity index (χ0) is 21.8. The molecule has 2 heterocycles. The third-order valence-electron chi connectivity index (χ3n) is 5.25. The molecule has 7 nitrogen and oxygen atoms in total. The lowest BCUT2D eigenvalue weighted by molar-refractivity contribution is -0.129. The fourth-order valence-electron chi connectivity index (χ4n) is 3.39. The summed E-state index contributed by atoms with van der Waals surface area (Å²) in [6.45, 7) is 3.33. The van der Waals surface area contributed by atoms with Gasteiger partial charge in [0.1, 0.15) is 5.75 Å². The Morgan fingerprint density at radius 2 is 1.71 bits per heavy atom. The summed E-state index contributed by atoms with van der Waals surface area (Å²) in [5.74, 6) is 1.90. The average molecular weight is 458 g/mol. The van der Waals surface area contributed by atoms with E-state index in [1.54, 1.807) is 7.11 Å². The molecule has 1 aliphatic rings. The molecule has 0 saturated carbocycles. The first kappa shape index (κ1) is 21.7. The van der Waals surface area contributed by atoms with Crippen LogP contribution in [0, 0.1) is 0 Å². The van der Waals surface area contributed by atoms with Crippen LogP contribution in [0.3, 0.4) is 0 Å². The molecule has 1 aromatic heterocycles. The van der Waals surface area contributed by atoms with Crippen LogP contribution >= 0.6 is 23.4 Å². The van der Waals surface area contributed by atoms with Crippen molar-refractivity contribution in [1.29, 1.82) is 0 Å². The Balaban J connectivity index is 1.60. The van der Waals surface area contributed by atoms with E-state index in [4.69, 9.17) is 16.3 Å². The number of rotatable bonds is 6. The second-order valence-corrected chi connectivity index (χ2v) is 8.70. The monoisotopic (exact) mass is 457 g/mol. The second kappa shape index (κ2) is 9.72. The molecule has 3 aromatic rings. The number of hydrogen-bond acceptors (Lipinski definition) is 6. The van der Waals surface area contributed by atoms with Gasteiger partial charge in [-0.3, -0.25) is 9.36 Å². The lowest BCUT2D eigenvalue weighted by Gasteiger charge is -2.32. The highest BCUT2D eigenvalue weighted by Crippen LogP contribution is 2.29. The Hall–Kier alpha value is -2.55. The number of methoxy groups -OCH3 is 1. The molecule has 4 rings (SSSR count). The first-order valence-corrected chi connectivity index (χ1v) is 11.4. The van der Waals surface area contributed by atoms with Crippen LogP contribution in [-0.2, 0) is 4.79 Å². The first-order valence-electron chi connectivity index (χ1n) is 10.00.